The maximum Gasteiger partial charge on any atom is 0.569 e. The van der Waals surface area contributed by atoms with E-state index in [1.807, 2.05) is 41.1 Å². The minimum Gasteiger partial charge on any atom is -0.537 e. The first kappa shape index (κ1) is 45.7. The molecule has 1 radical (unpaired) electrons. The molecule has 2 aromatic heterocycles. The Morgan fingerprint density at radius 3 is 1.67 bits per heavy atom. The van der Waals surface area contributed by atoms with Crippen LogP contribution < -0.4 is 4.65 Å². The second kappa shape index (κ2) is 21.2. The minimum absolute atomic E-state index is 0. The molecule has 2 aliphatic heterocycles. The van der Waals surface area contributed by atoms with Crippen LogP contribution in [0.4, 0.5) is 0 Å². The quantitative estimate of drug-likeness (QED) is 0.0998. The summed E-state index contributed by atoms with van der Waals surface area (Å²) in [5.74, 6) is 0.390. The number of fused-ring (bicyclic) bond motifs is 2. The molecular weight excluding hydrogens is 799 g/mol. The highest BCUT2D eigenvalue weighted by Crippen LogP contribution is 2.29. The third-order valence-corrected chi connectivity index (χ3v) is 10.4. The van der Waals surface area contributed by atoms with Crippen LogP contribution in [0.15, 0.2) is 97.1 Å². The molecule has 0 saturated carbocycles. The van der Waals surface area contributed by atoms with Gasteiger partial charge in [-0.1, -0.05) is 37.2 Å². The zero-order valence-electron chi connectivity index (χ0n) is 33.1. The molecule has 2 saturated heterocycles. The van der Waals surface area contributed by atoms with Gasteiger partial charge in [0.2, 0.25) is 0 Å². The number of hydrogen-bond acceptors (Lipinski definition) is 12. The second-order valence-electron chi connectivity index (χ2n) is 14.2. The van der Waals surface area contributed by atoms with Crippen molar-refractivity contribution < 1.29 is 39.1 Å². The molecule has 0 spiro atoms. The molecule has 4 heterocycles. The van der Waals surface area contributed by atoms with E-state index < -0.39 is 0 Å². The Morgan fingerprint density at radius 2 is 1.15 bits per heavy atom. The van der Waals surface area contributed by atoms with E-state index in [0.717, 1.165) is 57.9 Å². The Labute approximate surface area is 359 Å². The number of rotatable bonds is 7. The molecule has 16 heteroatoms. The number of benzene rings is 4. The van der Waals surface area contributed by atoms with Crippen LogP contribution in [0.25, 0.3) is 33.1 Å². The Morgan fingerprint density at radius 1 is 0.656 bits per heavy atom. The predicted octanol–water partition coefficient (Wildman–Crippen LogP) is 5.83. The third kappa shape index (κ3) is 11.3. The van der Waals surface area contributed by atoms with E-state index in [2.05, 4.69) is 26.8 Å². The fraction of sp³-hybridized carbons (Fsp3) is 0.244. The van der Waals surface area contributed by atoms with Crippen LogP contribution in [-0.2, 0) is 0 Å². The molecule has 0 unspecified atom stereocenters. The van der Waals surface area contributed by atoms with Gasteiger partial charge in [-0.2, -0.15) is 0 Å². The Hall–Kier alpha value is -6.39. The fourth-order valence-electron chi connectivity index (χ4n) is 6.77. The summed E-state index contributed by atoms with van der Waals surface area (Å²) in [6.45, 7) is 6.49. The molecule has 2 aliphatic rings. The second-order valence-corrected chi connectivity index (χ2v) is 14.6. The molecule has 4 aromatic carbocycles. The van der Waals surface area contributed by atoms with Crippen LogP contribution in [0.2, 0.25) is 5.15 Å². The highest BCUT2D eigenvalue weighted by atomic mass is 35.5. The lowest BCUT2D eigenvalue weighted by molar-refractivity contribution is 0.0657. The normalized spacial score (nSPS) is 14.1. The number of halogens is 1. The molecule has 3 N–H and O–H groups in total. The molecule has 6 aromatic rings. The lowest BCUT2D eigenvalue weighted by Gasteiger charge is -2.32. The van der Waals surface area contributed by atoms with Crippen molar-refractivity contribution in [2.75, 3.05) is 66.5 Å². The SMILES string of the molecule is C.CN1CCN(C(=O)c2cccc(-c3ccc4c(C=O)c(O)ccc4n3)c2)CC1.CN1CCN(C(=O)c2cccc(O[B]O)c2)CC1.O=Cc1c(O)ccc2nc(Cl)ccc12. The fourth-order valence-corrected chi connectivity index (χ4v) is 6.93. The van der Waals surface area contributed by atoms with Gasteiger partial charge in [-0.3, -0.25) is 19.2 Å². The van der Waals surface area contributed by atoms with Crippen LogP contribution >= 0.6 is 11.6 Å². The summed E-state index contributed by atoms with van der Waals surface area (Å²) >= 11 is 5.69. The Balaban J connectivity index is 0.000000184. The number of phenolic OH excluding ortho intramolecular Hbond substituents is 2. The van der Waals surface area contributed by atoms with Crippen LogP contribution in [0, 0.1) is 0 Å². The number of nitrogens with zero attached hydrogens (tertiary/aromatic N) is 6. The van der Waals surface area contributed by atoms with Crippen LogP contribution in [0.3, 0.4) is 0 Å². The molecule has 2 amide bonds. The van der Waals surface area contributed by atoms with Gasteiger partial charge in [0.15, 0.2) is 12.6 Å². The number of aldehydes is 2. The maximum absolute atomic E-state index is 12.8. The summed E-state index contributed by atoms with van der Waals surface area (Å²) in [6.07, 6.45) is 1.24. The van der Waals surface area contributed by atoms with Crippen molar-refractivity contribution in [2.45, 2.75) is 7.43 Å². The first-order valence-corrected chi connectivity index (χ1v) is 19.5. The van der Waals surface area contributed by atoms with E-state index in [0.29, 0.717) is 69.8 Å². The monoisotopic (exact) mass is 845 g/mol. The number of likely N-dealkylation sites (N-methyl/N-ethyl adjacent to an activating group) is 2. The summed E-state index contributed by atoms with van der Waals surface area (Å²) in [6, 6.07) is 27.3. The lowest BCUT2D eigenvalue weighted by Crippen LogP contribution is -2.47. The van der Waals surface area contributed by atoms with E-state index in [9.17, 15) is 29.4 Å². The van der Waals surface area contributed by atoms with Gasteiger partial charge in [-0.15, -0.1) is 0 Å². The summed E-state index contributed by atoms with van der Waals surface area (Å²) in [7, 11) is 4.72. The number of pyridine rings is 2. The van der Waals surface area contributed by atoms with Gasteiger partial charge < -0.3 is 39.5 Å². The smallest absolute Gasteiger partial charge is 0.537 e. The first-order valence-electron chi connectivity index (χ1n) is 19.1. The number of phenols is 2. The minimum atomic E-state index is -0.0585. The van der Waals surface area contributed by atoms with Gasteiger partial charge in [-0.25, -0.2) is 9.97 Å². The van der Waals surface area contributed by atoms with Gasteiger partial charge in [0, 0.05) is 79.8 Å². The molecular formula is C45H47BClN6O8. The van der Waals surface area contributed by atoms with Crippen molar-refractivity contribution >= 4 is 65.5 Å². The molecule has 0 aliphatic carbocycles. The summed E-state index contributed by atoms with van der Waals surface area (Å²) in [4.78, 5) is 63.8. The van der Waals surface area contributed by atoms with E-state index in [4.69, 9.17) is 21.3 Å². The predicted molar refractivity (Wildman–Crippen MR) is 237 cm³/mol. The van der Waals surface area contributed by atoms with E-state index in [1.54, 1.807) is 60.7 Å². The van der Waals surface area contributed by atoms with E-state index in [1.165, 1.54) is 12.1 Å². The third-order valence-electron chi connectivity index (χ3n) is 10.2. The first-order chi connectivity index (χ1) is 29.0. The topological polar surface area (TPSA) is 177 Å². The zero-order valence-corrected chi connectivity index (χ0v) is 33.8. The zero-order chi connectivity index (χ0) is 42.8. The standard InChI is InChI=1S/C22H21N3O3.C12H16BN2O3.C10H6ClNO2.CH4/c1-24-9-11-25(12-10-24)22(28)16-4-2-3-15(13-16)19-6-5-17-18(14-26)21(27)8-7-20(17)23-19;1-14-5-7-15(8-6-14)12(16)10-3-2-4-11(9-10)18-13-17;11-10-4-1-6-7(5-13)9(14)3-2-8(6)12-10;/h2-8,13-14,27H,9-12H2,1H3;2-4,9,17H,5-8H2,1H3;1-5,14H;1H4. The van der Waals surface area contributed by atoms with Crippen LogP contribution in [0.5, 0.6) is 17.2 Å². The van der Waals surface area contributed by atoms with Gasteiger partial charge in [0.1, 0.15) is 22.4 Å². The van der Waals surface area contributed by atoms with Gasteiger partial charge in [0.05, 0.1) is 27.9 Å². The van der Waals surface area contributed by atoms with E-state index in [-0.39, 0.29) is 41.9 Å². The highest BCUT2D eigenvalue weighted by molar-refractivity contribution is 6.29. The average Bonchev–Trinajstić information content (AvgIpc) is 3.27. The van der Waals surface area contributed by atoms with Crippen molar-refractivity contribution in [3.05, 3.63) is 124 Å². The molecule has 315 valence electrons. The van der Waals surface area contributed by atoms with Crippen molar-refractivity contribution in [1.82, 2.24) is 29.6 Å². The lowest BCUT2D eigenvalue weighted by atomic mass is 10.0. The number of aromatic nitrogens is 2. The van der Waals surface area contributed by atoms with Crippen molar-refractivity contribution in [3.63, 3.8) is 0 Å². The van der Waals surface area contributed by atoms with Crippen LogP contribution in [-0.4, -0.2) is 143 Å². The molecule has 2 fully saturated rings. The number of carbonyl (C=O) groups is 4. The van der Waals surface area contributed by atoms with Crippen molar-refractivity contribution in [2.24, 2.45) is 0 Å². The summed E-state index contributed by atoms with van der Waals surface area (Å²) in [5, 5.41) is 29.4. The Kier molecular flexibility index (Phi) is 15.9. The number of aromatic hydroxyl groups is 2. The number of carbonyl (C=O) groups excluding carboxylic acids is 4. The molecule has 0 atom stereocenters. The van der Waals surface area contributed by atoms with Crippen molar-refractivity contribution in [1.29, 1.82) is 0 Å². The molecule has 8 rings (SSSR count). The molecule has 61 heavy (non-hydrogen) atoms. The number of piperazine rings is 2. The largest absolute Gasteiger partial charge is 0.569 e. The van der Waals surface area contributed by atoms with Gasteiger partial charge >= 0.3 is 7.69 Å². The Bertz CT molecular complexity index is 2510. The molecule has 0 bridgehead atoms. The average molecular weight is 846 g/mol. The van der Waals surface area contributed by atoms with Crippen LogP contribution in [0.1, 0.15) is 48.9 Å². The van der Waals surface area contributed by atoms with Crippen molar-refractivity contribution in [3.8, 4) is 28.5 Å². The van der Waals surface area contributed by atoms with Gasteiger partial charge in [0.25, 0.3) is 11.8 Å². The number of amides is 2. The van der Waals surface area contributed by atoms with E-state index >= 15 is 0 Å². The highest BCUT2D eigenvalue weighted by Gasteiger charge is 2.22. The summed E-state index contributed by atoms with van der Waals surface area (Å²) in [5.41, 5.74) is 4.46. The number of hydrogen-bond donors (Lipinski definition) is 3. The van der Waals surface area contributed by atoms with Gasteiger partial charge in [-0.05, 0) is 93.0 Å². The maximum atomic E-state index is 12.8. The molecule has 14 nitrogen and oxygen atoms in total. The summed E-state index contributed by atoms with van der Waals surface area (Å²) < 4.78 is 4.85.